The number of hydrogen-bond acceptors (Lipinski definition) is 3. The number of carbonyl (C=O) groups excluding carboxylic acids is 2. The highest BCUT2D eigenvalue weighted by atomic mass is 19.1. The van der Waals surface area contributed by atoms with Gasteiger partial charge in [-0.2, -0.15) is 5.10 Å². The van der Waals surface area contributed by atoms with Crippen LogP contribution in [0.25, 0.3) is 0 Å². The molecule has 1 fully saturated rings. The van der Waals surface area contributed by atoms with Crippen LogP contribution in [0.5, 0.6) is 0 Å². The highest BCUT2D eigenvalue weighted by molar-refractivity contribution is 5.94. The summed E-state index contributed by atoms with van der Waals surface area (Å²) < 4.78 is 16.3. The summed E-state index contributed by atoms with van der Waals surface area (Å²) in [5, 5.41) is 4.91. The first-order valence-corrected chi connectivity index (χ1v) is 10.8. The second kappa shape index (κ2) is 7.98. The molecule has 166 valence electrons. The molecule has 0 bridgehead atoms. The first kappa shape index (κ1) is 21.3. The molecule has 7 nitrogen and oxygen atoms in total. The van der Waals surface area contributed by atoms with E-state index in [0.717, 1.165) is 24.1 Å². The number of hydrogen-bond donors (Lipinski definition) is 0. The van der Waals surface area contributed by atoms with Gasteiger partial charge in [-0.15, -0.1) is 0 Å². The summed E-state index contributed by atoms with van der Waals surface area (Å²) in [5.74, 6) is -0.802. The Balaban J connectivity index is 1.67. The largest absolute Gasteiger partial charge is 0.333 e. The third kappa shape index (κ3) is 3.79. The standard InChI is InChI=1S/C23H30FN5O2/c1-16(2)29-14-17-13-28(21(30)18-7-5-6-8-19(18)24)15-23(20(17)25-29)9-11-27(12-10-23)22(31)26(3)4/h5-8,14,16H,9-13,15H2,1-4H3. The second-order valence-electron chi connectivity index (χ2n) is 9.16. The number of rotatable bonds is 2. The molecule has 2 aliphatic rings. The summed E-state index contributed by atoms with van der Waals surface area (Å²) in [7, 11) is 3.51. The molecule has 0 N–H and O–H groups in total. The minimum atomic E-state index is -0.503. The fourth-order valence-corrected chi connectivity index (χ4v) is 4.71. The fourth-order valence-electron chi connectivity index (χ4n) is 4.71. The molecule has 4 rings (SSSR count). The van der Waals surface area contributed by atoms with Crippen molar-refractivity contribution in [2.24, 2.45) is 0 Å². The van der Waals surface area contributed by atoms with E-state index >= 15 is 0 Å². The third-order valence-electron chi connectivity index (χ3n) is 6.46. The van der Waals surface area contributed by atoms with E-state index in [0.29, 0.717) is 26.2 Å². The molecular weight excluding hydrogens is 397 g/mol. The second-order valence-corrected chi connectivity index (χ2v) is 9.16. The molecular formula is C23H30FN5O2. The van der Waals surface area contributed by atoms with Gasteiger partial charge >= 0.3 is 6.03 Å². The predicted molar refractivity (Wildman–Crippen MR) is 115 cm³/mol. The molecule has 1 spiro atoms. The maximum atomic E-state index is 14.3. The maximum Gasteiger partial charge on any atom is 0.319 e. The van der Waals surface area contributed by atoms with E-state index in [9.17, 15) is 14.0 Å². The SMILES string of the molecule is CC(C)n1cc2c(n1)C1(CCN(C(=O)N(C)C)CC1)CN(C(=O)c1ccccc1F)C2. The van der Waals surface area contributed by atoms with Crippen LogP contribution in [0, 0.1) is 5.82 Å². The van der Waals surface area contributed by atoms with Gasteiger partial charge in [0.25, 0.3) is 5.91 Å². The average Bonchev–Trinajstić information content (AvgIpc) is 3.19. The van der Waals surface area contributed by atoms with E-state index in [1.54, 1.807) is 36.0 Å². The number of nitrogens with zero attached hydrogens (tertiary/aromatic N) is 5. The third-order valence-corrected chi connectivity index (χ3v) is 6.46. The first-order chi connectivity index (χ1) is 14.7. The van der Waals surface area contributed by atoms with Crippen LogP contribution in [0.3, 0.4) is 0 Å². The van der Waals surface area contributed by atoms with Gasteiger partial charge in [-0.1, -0.05) is 12.1 Å². The lowest BCUT2D eigenvalue weighted by atomic mass is 9.72. The van der Waals surface area contributed by atoms with Crippen LogP contribution in [0.2, 0.25) is 0 Å². The molecule has 8 heteroatoms. The van der Waals surface area contributed by atoms with Crippen molar-refractivity contribution in [1.82, 2.24) is 24.5 Å². The minimum absolute atomic E-state index is 0.00196. The summed E-state index contributed by atoms with van der Waals surface area (Å²) >= 11 is 0. The first-order valence-electron chi connectivity index (χ1n) is 10.8. The Morgan fingerprint density at radius 1 is 1.13 bits per heavy atom. The molecule has 1 aromatic carbocycles. The number of amides is 3. The summed E-state index contributed by atoms with van der Waals surface area (Å²) in [4.78, 5) is 30.9. The number of aromatic nitrogens is 2. The molecule has 1 aromatic heterocycles. The lowest BCUT2D eigenvalue weighted by molar-refractivity contribution is 0.0579. The number of likely N-dealkylation sites (tertiary alicyclic amines) is 1. The summed E-state index contributed by atoms with van der Waals surface area (Å²) in [6.45, 7) is 6.25. The Kier molecular flexibility index (Phi) is 5.49. The van der Waals surface area contributed by atoms with Gasteiger partial charge in [0.2, 0.25) is 0 Å². The monoisotopic (exact) mass is 427 g/mol. The Morgan fingerprint density at radius 3 is 2.42 bits per heavy atom. The van der Waals surface area contributed by atoms with Gasteiger partial charge < -0.3 is 14.7 Å². The zero-order valence-corrected chi connectivity index (χ0v) is 18.6. The molecule has 1 saturated heterocycles. The predicted octanol–water partition coefficient (Wildman–Crippen LogP) is 3.27. The number of benzene rings is 1. The van der Waals surface area contributed by atoms with Gasteiger partial charge in [0, 0.05) is 63.5 Å². The van der Waals surface area contributed by atoms with E-state index in [1.165, 1.54) is 12.1 Å². The lowest BCUT2D eigenvalue weighted by Gasteiger charge is -2.46. The van der Waals surface area contributed by atoms with Gasteiger partial charge in [0.05, 0.1) is 11.3 Å². The van der Waals surface area contributed by atoms with Gasteiger partial charge in [0.15, 0.2) is 0 Å². The van der Waals surface area contributed by atoms with Gasteiger partial charge in [-0.05, 0) is 38.8 Å². The van der Waals surface area contributed by atoms with Crippen LogP contribution in [-0.2, 0) is 12.0 Å². The summed E-state index contributed by atoms with van der Waals surface area (Å²) in [6, 6.07) is 6.33. The van der Waals surface area contributed by atoms with Gasteiger partial charge in [-0.3, -0.25) is 9.48 Å². The molecule has 3 heterocycles. The van der Waals surface area contributed by atoms with Gasteiger partial charge in [0.1, 0.15) is 5.82 Å². The molecule has 0 saturated carbocycles. The van der Waals surface area contributed by atoms with Crippen LogP contribution < -0.4 is 0 Å². The fraction of sp³-hybridized carbons (Fsp3) is 0.522. The van der Waals surface area contributed by atoms with E-state index in [1.807, 2.05) is 15.8 Å². The zero-order valence-electron chi connectivity index (χ0n) is 18.6. The molecule has 2 aromatic rings. The molecule has 0 atom stereocenters. The maximum absolute atomic E-state index is 14.3. The van der Waals surface area contributed by atoms with E-state index in [2.05, 4.69) is 13.8 Å². The van der Waals surface area contributed by atoms with Crippen molar-refractivity contribution >= 4 is 11.9 Å². The number of fused-ring (bicyclic) bond motifs is 2. The highest BCUT2D eigenvalue weighted by Crippen LogP contribution is 2.42. The highest BCUT2D eigenvalue weighted by Gasteiger charge is 2.46. The topological polar surface area (TPSA) is 61.7 Å². The van der Waals surface area contributed by atoms with Crippen molar-refractivity contribution in [2.75, 3.05) is 33.7 Å². The average molecular weight is 428 g/mol. The molecule has 2 aliphatic heterocycles. The summed E-state index contributed by atoms with van der Waals surface area (Å²) in [6.07, 6.45) is 3.45. The van der Waals surface area contributed by atoms with E-state index in [-0.39, 0.29) is 29.0 Å². The minimum Gasteiger partial charge on any atom is -0.333 e. The van der Waals surface area contributed by atoms with Crippen LogP contribution in [-0.4, -0.2) is 70.1 Å². The molecule has 0 radical (unpaired) electrons. The Labute approximate surface area is 182 Å². The quantitative estimate of drug-likeness (QED) is 0.739. The molecule has 0 aliphatic carbocycles. The van der Waals surface area contributed by atoms with Crippen LogP contribution in [0.15, 0.2) is 30.5 Å². The number of halogens is 1. The Morgan fingerprint density at radius 2 is 1.81 bits per heavy atom. The molecule has 0 unspecified atom stereocenters. The van der Waals surface area contributed by atoms with Crippen molar-refractivity contribution < 1.29 is 14.0 Å². The lowest BCUT2D eigenvalue weighted by Crippen LogP contribution is -2.55. The van der Waals surface area contributed by atoms with Crippen molar-refractivity contribution in [3.8, 4) is 0 Å². The number of urea groups is 1. The number of carbonyl (C=O) groups is 2. The number of piperidine rings is 1. The Bertz CT molecular complexity index is 992. The summed E-state index contributed by atoms with van der Waals surface area (Å²) in [5.41, 5.74) is 1.79. The van der Waals surface area contributed by atoms with Crippen LogP contribution in [0.1, 0.15) is 54.3 Å². The van der Waals surface area contributed by atoms with Gasteiger partial charge in [-0.25, -0.2) is 9.18 Å². The normalized spacial score (nSPS) is 17.7. The Hall–Kier alpha value is -2.90. The smallest absolute Gasteiger partial charge is 0.319 e. The van der Waals surface area contributed by atoms with E-state index in [4.69, 9.17) is 5.10 Å². The zero-order chi connectivity index (χ0) is 22.3. The van der Waals surface area contributed by atoms with Crippen molar-refractivity contribution in [3.63, 3.8) is 0 Å². The molecule has 3 amide bonds. The molecule has 31 heavy (non-hydrogen) atoms. The van der Waals surface area contributed by atoms with E-state index < -0.39 is 5.82 Å². The van der Waals surface area contributed by atoms with Crippen LogP contribution >= 0.6 is 0 Å². The van der Waals surface area contributed by atoms with Crippen molar-refractivity contribution in [3.05, 3.63) is 53.1 Å². The van der Waals surface area contributed by atoms with Crippen molar-refractivity contribution in [1.29, 1.82) is 0 Å². The van der Waals surface area contributed by atoms with Crippen LogP contribution in [0.4, 0.5) is 9.18 Å². The van der Waals surface area contributed by atoms with Crippen molar-refractivity contribution in [2.45, 2.75) is 44.7 Å².